The van der Waals surface area contributed by atoms with Crippen molar-refractivity contribution in [2.24, 2.45) is 5.10 Å². The van der Waals surface area contributed by atoms with Crippen LogP contribution in [0.15, 0.2) is 41.5 Å². The zero-order valence-electron chi connectivity index (χ0n) is 13.0. The predicted octanol–water partition coefficient (Wildman–Crippen LogP) is 6.04. The summed E-state index contributed by atoms with van der Waals surface area (Å²) in [5.74, 6) is 0.0543. The Bertz CT molecular complexity index is 869. The maximum atomic E-state index is 12.7. The molecule has 0 fully saturated rings. The molecule has 2 aromatic carbocycles. The van der Waals surface area contributed by atoms with Crippen LogP contribution in [0.25, 0.3) is 0 Å². The van der Waals surface area contributed by atoms with Gasteiger partial charge in [-0.1, -0.05) is 23.2 Å². The van der Waals surface area contributed by atoms with E-state index in [1.54, 1.807) is 0 Å². The number of hydrazone groups is 1. The average molecular weight is 408 g/mol. The summed E-state index contributed by atoms with van der Waals surface area (Å²) in [5, 5.41) is 14.5. The molecule has 2 aromatic rings. The monoisotopic (exact) mass is 407 g/mol. The summed E-state index contributed by atoms with van der Waals surface area (Å²) in [6.45, 7) is 1.46. The number of nitrogens with zero attached hydrogens (tertiary/aromatic N) is 2. The molecule has 0 radical (unpaired) electrons. The van der Waals surface area contributed by atoms with Crippen LogP contribution in [0, 0.1) is 10.1 Å². The highest BCUT2D eigenvalue weighted by atomic mass is 35.5. The van der Waals surface area contributed by atoms with E-state index in [1.165, 1.54) is 19.1 Å². The molecule has 0 spiro atoms. The van der Waals surface area contributed by atoms with Gasteiger partial charge in [0.05, 0.1) is 15.5 Å². The van der Waals surface area contributed by atoms with E-state index >= 15 is 0 Å². The Hall–Kier alpha value is -2.52. The van der Waals surface area contributed by atoms with Gasteiger partial charge in [-0.2, -0.15) is 18.3 Å². The smallest absolute Gasteiger partial charge is 0.416 e. The molecule has 6 nitrogen and oxygen atoms in total. The number of halogens is 5. The standard InChI is InChI=1S/C15H10Cl2F3N3O3/c1-8(16)21-22-12-7-10(3-4-13(12)23(24)25)26-14-5-2-9(6-11(14)17)15(18,19)20/h2-7,22H,1H3. The molecule has 2 rings (SSSR count). The summed E-state index contributed by atoms with van der Waals surface area (Å²) in [6.07, 6.45) is -4.54. The first kappa shape index (κ1) is 19.8. The lowest BCUT2D eigenvalue weighted by Crippen LogP contribution is -2.04. The highest BCUT2D eigenvalue weighted by Gasteiger charge is 2.31. The van der Waals surface area contributed by atoms with Crippen LogP contribution in [0.4, 0.5) is 24.5 Å². The molecule has 0 unspecified atom stereocenters. The topological polar surface area (TPSA) is 76.8 Å². The molecule has 0 aliphatic carbocycles. The third-order valence-corrected chi connectivity index (χ3v) is 3.36. The summed E-state index contributed by atoms with van der Waals surface area (Å²) in [7, 11) is 0. The highest BCUT2D eigenvalue weighted by Crippen LogP contribution is 2.37. The number of ether oxygens (including phenoxy) is 1. The summed E-state index contributed by atoms with van der Waals surface area (Å²) in [4.78, 5) is 10.4. The predicted molar refractivity (Wildman–Crippen MR) is 92.2 cm³/mol. The molecule has 1 N–H and O–H groups in total. The lowest BCUT2D eigenvalue weighted by atomic mass is 10.2. The van der Waals surface area contributed by atoms with Crippen molar-refractivity contribution in [3.8, 4) is 11.5 Å². The van der Waals surface area contributed by atoms with Crippen LogP contribution in [0.2, 0.25) is 5.02 Å². The molecular weight excluding hydrogens is 398 g/mol. The fourth-order valence-corrected chi connectivity index (χ4v) is 2.11. The zero-order chi connectivity index (χ0) is 19.5. The Kier molecular flexibility index (Phi) is 5.94. The lowest BCUT2D eigenvalue weighted by molar-refractivity contribution is -0.384. The van der Waals surface area contributed by atoms with E-state index in [-0.39, 0.29) is 33.1 Å². The van der Waals surface area contributed by atoms with Gasteiger partial charge in [0.2, 0.25) is 0 Å². The molecule has 26 heavy (non-hydrogen) atoms. The molecule has 0 atom stereocenters. The van der Waals surface area contributed by atoms with Crippen molar-refractivity contribution in [1.29, 1.82) is 0 Å². The van der Waals surface area contributed by atoms with Crippen LogP contribution in [0.1, 0.15) is 12.5 Å². The Morgan fingerprint density at radius 3 is 2.50 bits per heavy atom. The van der Waals surface area contributed by atoms with Crippen LogP contribution in [0.3, 0.4) is 0 Å². The summed E-state index contributed by atoms with van der Waals surface area (Å²) in [5.41, 5.74) is 1.18. The first-order valence-electron chi connectivity index (χ1n) is 6.87. The first-order valence-corrected chi connectivity index (χ1v) is 7.62. The molecule has 0 amide bonds. The van der Waals surface area contributed by atoms with E-state index in [4.69, 9.17) is 27.9 Å². The van der Waals surface area contributed by atoms with Gasteiger partial charge in [0.15, 0.2) is 0 Å². The normalized spacial score (nSPS) is 12.0. The minimum absolute atomic E-state index is 0.0180. The fourth-order valence-electron chi connectivity index (χ4n) is 1.85. The number of hydrogen-bond donors (Lipinski definition) is 1. The highest BCUT2D eigenvalue weighted by molar-refractivity contribution is 6.64. The number of rotatable bonds is 5. The lowest BCUT2D eigenvalue weighted by Gasteiger charge is -2.12. The van der Waals surface area contributed by atoms with Gasteiger partial charge in [0.25, 0.3) is 5.69 Å². The van der Waals surface area contributed by atoms with Crippen LogP contribution in [0.5, 0.6) is 11.5 Å². The van der Waals surface area contributed by atoms with Crippen molar-refractivity contribution in [3.63, 3.8) is 0 Å². The van der Waals surface area contributed by atoms with Crippen molar-refractivity contribution in [3.05, 3.63) is 57.1 Å². The van der Waals surface area contributed by atoms with Gasteiger partial charge in [-0.05, 0) is 31.2 Å². The third-order valence-electron chi connectivity index (χ3n) is 2.98. The Morgan fingerprint density at radius 1 is 1.27 bits per heavy atom. The molecule has 0 aliphatic heterocycles. The fraction of sp³-hybridized carbons (Fsp3) is 0.133. The van der Waals surface area contributed by atoms with E-state index in [0.717, 1.165) is 24.3 Å². The van der Waals surface area contributed by atoms with Crippen molar-refractivity contribution in [2.45, 2.75) is 13.1 Å². The molecule has 138 valence electrons. The largest absolute Gasteiger partial charge is 0.456 e. The van der Waals surface area contributed by atoms with Crippen LogP contribution < -0.4 is 10.2 Å². The van der Waals surface area contributed by atoms with Crippen molar-refractivity contribution in [2.75, 3.05) is 5.43 Å². The zero-order valence-corrected chi connectivity index (χ0v) is 14.5. The van der Waals surface area contributed by atoms with Gasteiger partial charge >= 0.3 is 6.18 Å². The summed E-state index contributed by atoms with van der Waals surface area (Å²) >= 11 is 11.4. The summed E-state index contributed by atoms with van der Waals surface area (Å²) in [6, 6.07) is 6.26. The Morgan fingerprint density at radius 2 is 1.96 bits per heavy atom. The number of anilines is 1. The molecule has 0 saturated heterocycles. The van der Waals surface area contributed by atoms with E-state index in [2.05, 4.69) is 10.5 Å². The number of nitro benzene ring substituents is 1. The molecule has 0 aliphatic rings. The van der Waals surface area contributed by atoms with E-state index < -0.39 is 16.7 Å². The van der Waals surface area contributed by atoms with Crippen molar-refractivity contribution in [1.82, 2.24) is 0 Å². The van der Waals surface area contributed by atoms with E-state index in [0.29, 0.717) is 0 Å². The van der Waals surface area contributed by atoms with Crippen molar-refractivity contribution < 1.29 is 22.8 Å². The Labute approximate surface area is 155 Å². The van der Waals surface area contributed by atoms with E-state index in [9.17, 15) is 23.3 Å². The third kappa shape index (κ3) is 4.99. The van der Waals surface area contributed by atoms with Crippen molar-refractivity contribution >= 4 is 39.7 Å². The molecule has 0 heterocycles. The van der Waals surface area contributed by atoms with Gasteiger partial charge in [0.1, 0.15) is 22.4 Å². The molecule has 0 bridgehead atoms. The second-order valence-corrected chi connectivity index (χ2v) is 5.86. The van der Waals surface area contributed by atoms with Gasteiger partial charge in [-0.3, -0.25) is 15.5 Å². The van der Waals surface area contributed by atoms with Gasteiger partial charge in [-0.25, -0.2) is 0 Å². The maximum Gasteiger partial charge on any atom is 0.416 e. The van der Waals surface area contributed by atoms with Crippen LogP contribution in [-0.4, -0.2) is 10.1 Å². The molecular formula is C15H10Cl2F3N3O3. The summed E-state index contributed by atoms with van der Waals surface area (Å²) < 4.78 is 43.4. The molecule has 11 heteroatoms. The van der Waals surface area contributed by atoms with Gasteiger partial charge < -0.3 is 4.74 Å². The number of alkyl halides is 3. The number of nitro groups is 1. The minimum Gasteiger partial charge on any atom is -0.456 e. The first-order chi connectivity index (χ1) is 12.1. The van der Waals surface area contributed by atoms with Gasteiger partial charge in [0, 0.05) is 12.1 Å². The van der Waals surface area contributed by atoms with Crippen LogP contribution in [-0.2, 0) is 6.18 Å². The minimum atomic E-state index is -4.54. The SMILES string of the molecule is CC(Cl)=NNc1cc(Oc2ccc(C(F)(F)F)cc2Cl)ccc1[N+](=O)[O-]. The number of hydrogen-bond acceptors (Lipinski definition) is 5. The number of nitrogens with one attached hydrogen (secondary N) is 1. The average Bonchev–Trinajstić information content (AvgIpc) is 2.53. The molecule has 0 saturated carbocycles. The quantitative estimate of drug-likeness (QED) is 0.372. The second-order valence-electron chi connectivity index (χ2n) is 4.90. The number of benzene rings is 2. The van der Waals surface area contributed by atoms with Gasteiger partial charge in [-0.15, -0.1) is 0 Å². The Balaban J connectivity index is 2.33. The van der Waals surface area contributed by atoms with E-state index in [1.807, 2.05) is 0 Å². The second kappa shape index (κ2) is 7.79. The molecule has 0 aromatic heterocycles. The van der Waals surface area contributed by atoms with Crippen LogP contribution >= 0.6 is 23.2 Å². The maximum absolute atomic E-state index is 12.7.